The summed E-state index contributed by atoms with van der Waals surface area (Å²) < 4.78 is 1.62. The van der Waals surface area contributed by atoms with Crippen molar-refractivity contribution in [3.05, 3.63) is 48.9 Å². The molecule has 3 rings (SSSR count). The number of hydrogen-bond donors (Lipinski definition) is 2. The number of amides is 2. The van der Waals surface area contributed by atoms with Crippen LogP contribution in [0.4, 0.5) is 15.6 Å². The van der Waals surface area contributed by atoms with E-state index in [4.69, 9.17) is 0 Å². The predicted molar refractivity (Wildman–Crippen MR) is 83.4 cm³/mol. The Morgan fingerprint density at radius 1 is 1.19 bits per heavy atom. The van der Waals surface area contributed by atoms with Crippen LogP contribution < -0.4 is 10.6 Å². The van der Waals surface area contributed by atoms with E-state index in [9.17, 15) is 4.79 Å². The van der Waals surface area contributed by atoms with E-state index in [2.05, 4.69) is 20.7 Å². The van der Waals surface area contributed by atoms with E-state index in [0.29, 0.717) is 10.8 Å². The maximum absolute atomic E-state index is 11.8. The minimum atomic E-state index is -0.336. The molecule has 1 aromatic carbocycles. The first-order valence-corrected chi connectivity index (χ1v) is 7.10. The molecule has 0 saturated carbocycles. The molecular weight excluding hydrogens is 286 g/mol. The molecule has 2 N–H and O–H groups in total. The lowest BCUT2D eigenvalue weighted by Crippen LogP contribution is -2.18. The van der Waals surface area contributed by atoms with Crippen molar-refractivity contribution in [2.24, 2.45) is 7.05 Å². The van der Waals surface area contributed by atoms with E-state index in [1.165, 1.54) is 11.3 Å². The van der Waals surface area contributed by atoms with Crippen molar-refractivity contribution < 1.29 is 4.79 Å². The molecule has 0 aliphatic rings. The average Bonchev–Trinajstić information content (AvgIpc) is 3.09. The Hall–Kier alpha value is -2.67. The quantitative estimate of drug-likeness (QED) is 0.780. The second-order valence-electron chi connectivity index (χ2n) is 4.38. The van der Waals surface area contributed by atoms with Crippen LogP contribution in [0.1, 0.15) is 0 Å². The largest absolute Gasteiger partial charge is 0.325 e. The minimum Gasteiger partial charge on any atom is -0.305 e. The second kappa shape index (κ2) is 5.76. The van der Waals surface area contributed by atoms with Crippen molar-refractivity contribution >= 4 is 28.2 Å². The molecule has 106 valence electrons. The first kappa shape index (κ1) is 13.3. The highest BCUT2D eigenvalue weighted by Crippen LogP contribution is 2.28. The molecule has 2 aromatic heterocycles. The molecule has 0 radical (unpaired) electrons. The number of nitrogens with zero attached hydrogens (tertiary/aromatic N) is 3. The molecule has 21 heavy (non-hydrogen) atoms. The minimum absolute atomic E-state index is 0.336. The molecule has 0 spiro atoms. The first-order chi connectivity index (χ1) is 10.2. The van der Waals surface area contributed by atoms with Gasteiger partial charge in [-0.25, -0.2) is 9.78 Å². The maximum atomic E-state index is 11.8. The summed E-state index contributed by atoms with van der Waals surface area (Å²) in [4.78, 5) is 17.1. The fourth-order valence-electron chi connectivity index (χ4n) is 1.81. The third-order valence-corrected chi connectivity index (χ3v) is 3.71. The fourth-order valence-corrected chi connectivity index (χ4v) is 2.63. The van der Waals surface area contributed by atoms with Crippen LogP contribution in [-0.2, 0) is 7.05 Å². The lowest BCUT2D eigenvalue weighted by atomic mass is 10.2. The predicted octanol–water partition coefficient (Wildman–Crippen LogP) is 3.19. The van der Waals surface area contributed by atoms with E-state index >= 15 is 0 Å². The number of benzene rings is 1. The Labute approximate surface area is 125 Å². The Bertz CT molecular complexity index is 750. The van der Waals surface area contributed by atoms with E-state index in [1.54, 1.807) is 30.3 Å². The standard InChI is InChI=1S/C14H13N5OS/c1-19-9-11(7-16-19)17-13(20)18-14-15-8-12(21-14)10-5-3-2-4-6-10/h2-9H,1H3,(H2,15,17,18,20). The summed E-state index contributed by atoms with van der Waals surface area (Å²) in [7, 11) is 1.79. The number of urea groups is 1. The van der Waals surface area contributed by atoms with E-state index in [1.807, 2.05) is 30.3 Å². The van der Waals surface area contributed by atoms with Gasteiger partial charge in [0.1, 0.15) is 0 Å². The highest BCUT2D eigenvalue weighted by atomic mass is 32.1. The van der Waals surface area contributed by atoms with Gasteiger partial charge in [-0.3, -0.25) is 10.00 Å². The Morgan fingerprint density at radius 3 is 2.71 bits per heavy atom. The van der Waals surface area contributed by atoms with Gasteiger partial charge in [-0.2, -0.15) is 5.10 Å². The smallest absolute Gasteiger partial charge is 0.305 e. The summed E-state index contributed by atoms with van der Waals surface area (Å²) in [6, 6.07) is 9.58. The van der Waals surface area contributed by atoms with E-state index in [-0.39, 0.29) is 6.03 Å². The molecule has 0 aliphatic heterocycles. The summed E-state index contributed by atoms with van der Waals surface area (Å²) in [5.41, 5.74) is 1.71. The summed E-state index contributed by atoms with van der Waals surface area (Å²) in [6.07, 6.45) is 5.05. The third kappa shape index (κ3) is 3.26. The van der Waals surface area contributed by atoms with Crippen LogP contribution in [0, 0.1) is 0 Å². The van der Waals surface area contributed by atoms with Gasteiger partial charge in [0, 0.05) is 19.4 Å². The number of hydrogen-bond acceptors (Lipinski definition) is 4. The molecule has 0 saturated heterocycles. The zero-order valence-electron chi connectivity index (χ0n) is 11.3. The van der Waals surface area contributed by atoms with Crippen LogP contribution in [0.25, 0.3) is 10.4 Å². The number of thiazole rings is 1. The zero-order valence-corrected chi connectivity index (χ0v) is 12.1. The summed E-state index contributed by atoms with van der Waals surface area (Å²) >= 11 is 1.43. The summed E-state index contributed by atoms with van der Waals surface area (Å²) in [5, 5.41) is 9.94. The van der Waals surface area contributed by atoms with E-state index < -0.39 is 0 Å². The van der Waals surface area contributed by atoms with Crippen molar-refractivity contribution in [1.29, 1.82) is 0 Å². The van der Waals surface area contributed by atoms with Gasteiger partial charge in [-0.1, -0.05) is 41.7 Å². The number of carbonyl (C=O) groups excluding carboxylic acids is 1. The molecule has 0 unspecified atom stereocenters. The van der Waals surface area contributed by atoms with Crippen LogP contribution in [-0.4, -0.2) is 20.8 Å². The molecule has 2 heterocycles. The van der Waals surface area contributed by atoms with Gasteiger partial charge in [0.25, 0.3) is 0 Å². The van der Waals surface area contributed by atoms with Crippen LogP contribution >= 0.6 is 11.3 Å². The van der Waals surface area contributed by atoms with Gasteiger partial charge >= 0.3 is 6.03 Å². The van der Waals surface area contributed by atoms with Crippen LogP contribution in [0.5, 0.6) is 0 Å². The van der Waals surface area contributed by atoms with Gasteiger partial charge in [0.05, 0.1) is 16.8 Å². The molecule has 0 aliphatic carbocycles. The maximum Gasteiger partial charge on any atom is 0.325 e. The summed E-state index contributed by atoms with van der Waals surface area (Å²) in [5.74, 6) is 0. The zero-order chi connectivity index (χ0) is 14.7. The normalized spacial score (nSPS) is 10.3. The SMILES string of the molecule is Cn1cc(NC(=O)Nc2ncc(-c3ccccc3)s2)cn1. The number of rotatable bonds is 3. The third-order valence-electron chi connectivity index (χ3n) is 2.75. The van der Waals surface area contributed by atoms with Crippen molar-refractivity contribution in [1.82, 2.24) is 14.8 Å². The number of aromatic nitrogens is 3. The Kier molecular flexibility index (Phi) is 3.65. The lowest BCUT2D eigenvalue weighted by molar-refractivity contribution is 0.262. The Balaban J connectivity index is 1.66. The molecule has 0 bridgehead atoms. The highest BCUT2D eigenvalue weighted by Gasteiger charge is 2.08. The van der Waals surface area contributed by atoms with Gasteiger partial charge in [0.2, 0.25) is 0 Å². The van der Waals surface area contributed by atoms with Gasteiger partial charge in [0.15, 0.2) is 5.13 Å². The van der Waals surface area contributed by atoms with Gasteiger partial charge in [-0.05, 0) is 5.56 Å². The molecule has 3 aromatic rings. The number of carbonyl (C=O) groups is 1. The molecule has 0 fully saturated rings. The Morgan fingerprint density at radius 2 is 2.00 bits per heavy atom. The number of anilines is 2. The van der Waals surface area contributed by atoms with Crippen molar-refractivity contribution in [3.8, 4) is 10.4 Å². The summed E-state index contributed by atoms with van der Waals surface area (Å²) in [6.45, 7) is 0. The second-order valence-corrected chi connectivity index (χ2v) is 5.41. The molecular formula is C14H13N5OS. The average molecular weight is 299 g/mol. The van der Waals surface area contributed by atoms with Gasteiger partial charge < -0.3 is 5.32 Å². The van der Waals surface area contributed by atoms with Gasteiger partial charge in [-0.15, -0.1) is 0 Å². The highest BCUT2D eigenvalue weighted by molar-refractivity contribution is 7.19. The van der Waals surface area contributed by atoms with Crippen molar-refractivity contribution in [2.75, 3.05) is 10.6 Å². The molecule has 0 atom stereocenters. The lowest BCUT2D eigenvalue weighted by Gasteiger charge is -2.01. The molecule has 2 amide bonds. The van der Waals surface area contributed by atoms with Crippen LogP contribution in [0.3, 0.4) is 0 Å². The van der Waals surface area contributed by atoms with Crippen molar-refractivity contribution in [3.63, 3.8) is 0 Å². The monoisotopic (exact) mass is 299 g/mol. The number of nitrogens with one attached hydrogen (secondary N) is 2. The number of aryl methyl sites for hydroxylation is 1. The molecule has 7 heteroatoms. The van der Waals surface area contributed by atoms with Crippen LogP contribution in [0.15, 0.2) is 48.9 Å². The molecule has 6 nitrogen and oxygen atoms in total. The fraction of sp³-hybridized carbons (Fsp3) is 0.0714. The first-order valence-electron chi connectivity index (χ1n) is 6.28. The topological polar surface area (TPSA) is 71.8 Å². The van der Waals surface area contributed by atoms with E-state index in [0.717, 1.165) is 10.4 Å². The van der Waals surface area contributed by atoms with Crippen LogP contribution in [0.2, 0.25) is 0 Å². The van der Waals surface area contributed by atoms with Crippen molar-refractivity contribution in [2.45, 2.75) is 0 Å².